The van der Waals surface area contributed by atoms with Crippen molar-refractivity contribution < 1.29 is 22.0 Å². The summed E-state index contributed by atoms with van der Waals surface area (Å²) in [5.41, 5.74) is -0.719. The molecule has 0 radical (unpaired) electrons. The first-order valence-corrected chi connectivity index (χ1v) is 9.77. The molecule has 0 fully saturated rings. The third-order valence-corrected chi connectivity index (χ3v) is 5.44. The number of hydrogen-bond donors (Lipinski definition) is 2. The van der Waals surface area contributed by atoms with Crippen LogP contribution in [0.2, 0.25) is 5.02 Å². The minimum atomic E-state index is -3.89. The monoisotopic (exact) mass is 422 g/mol. The Morgan fingerprint density at radius 3 is 2.18 bits per heavy atom. The number of anilines is 2. The SMILES string of the molecule is O=C(Nc1c(F)cccc1F)c1cc(NS(=O)(=O)c2ccccc2)ccc1Cl. The van der Waals surface area contributed by atoms with Crippen molar-refractivity contribution >= 4 is 38.9 Å². The number of amides is 1. The maximum atomic E-state index is 13.7. The normalized spacial score (nSPS) is 11.1. The van der Waals surface area contributed by atoms with E-state index < -0.39 is 33.3 Å². The number of halogens is 3. The van der Waals surface area contributed by atoms with Gasteiger partial charge in [-0.2, -0.15) is 0 Å². The molecule has 0 atom stereocenters. The number of rotatable bonds is 5. The Morgan fingerprint density at radius 2 is 1.54 bits per heavy atom. The molecule has 0 unspecified atom stereocenters. The third-order valence-electron chi connectivity index (χ3n) is 3.72. The average molecular weight is 423 g/mol. The van der Waals surface area contributed by atoms with Gasteiger partial charge < -0.3 is 5.32 Å². The molecule has 5 nitrogen and oxygen atoms in total. The molecule has 3 aromatic carbocycles. The first-order chi connectivity index (χ1) is 13.3. The Hall–Kier alpha value is -2.97. The molecule has 2 N–H and O–H groups in total. The van der Waals surface area contributed by atoms with E-state index >= 15 is 0 Å². The van der Waals surface area contributed by atoms with Crippen LogP contribution >= 0.6 is 11.6 Å². The molecule has 0 aromatic heterocycles. The number of carbonyl (C=O) groups is 1. The van der Waals surface area contributed by atoms with Gasteiger partial charge in [-0.1, -0.05) is 35.9 Å². The zero-order valence-electron chi connectivity index (χ0n) is 14.1. The quantitative estimate of drug-likeness (QED) is 0.627. The van der Waals surface area contributed by atoms with Crippen LogP contribution in [0.1, 0.15) is 10.4 Å². The van der Waals surface area contributed by atoms with Gasteiger partial charge in [-0.3, -0.25) is 9.52 Å². The lowest BCUT2D eigenvalue weighted by molar-refractivity contribution is 0.102. The van der Waals surface area contributed by atoms with E-state index in [1.807, 2.05) is 0 Å². The highest BCUT2D eigenvalue weighted by Crippen LogP contribution is 2.25. The van der Waals surface area contributed by atoms with Gasteiger partial charge in [0.2, 0.25) is 0 Å². The van der Waals surface area contributed by atoms with Gasteiger partial charge in [0.05, 0.1) is 15.5 Å². The van der Waals surface area contributed by atoms with Gasteiger partial charge in [0.1, 0.15) is 17.3 Å². The molecule has 0 aliphatic heterocycles. The molecule has 0 spiro atoms. The summed E-state index contributed by atoms with van der Waals surface area (Å²) < 4.78 is 54.6. The van der Waals surface area contributed by atoms with Crippen LogP contribution in [0.15, 0.2) is 71.6 Å². The lowest BCUT2D eigenvalue weighted by Crippen LogP contribution is -2.16. The summed E-state index contributed by atoms with van der Waals surface area (Å²) in [4.78, 5) is 12.5. The standard InChI is InChI=1S/C19H13ClF2N2O3S/c20-15-10-9-12(24-28(26,27)13-5-2-1-3-6-13)11-14(15)19(25)23-18-16(21)7-4-8-17(18)22/h1-11,24H,(H,23,25). The summed E-state index contributed by atoms with van der Waals surface area (Å²) in [6.45, 7) is 0. The summed E-state index contributed by atoms with van der Waals surface area (Å²) in [6, 6.07) is 14.6. The molecule has 0 heterocycles. The molecular weight excluding hydrogens is 410 g/mol. The van der Waals surface area contributed by atoms with E-state index in [1.165, 1.54) is 30.3 Å². The molecule has 0 aliphatic rings. The summed E-state index contributed by atoms with van der Waals surface area (Å²) >= 11 is 6.00. The van der Waals surface area contributed by atoms with Crippen LogP contribution in [0.3, 0.4) is 0 Å². The molecule has 1 amide bonds. The van der Waals surface area contributed by atoms with Crippen LogP contribution in [0.4, 0.5) is 20.2 Å². The molecule has 3 rings (SSSR count). The predicted molar refractivity (Wildman–Crippen MR) is 103 cm³/mol. The van der Waals surface area contributed by atoms with Crippen molar-refractivity contribution in [3.63, 3.8) is 0 Å². The van der Waals surface area contributed by atoms with Crippen LogP contribution in [0, 0.1) is 11.6 Å². The Balaban J connectivity index is 1.88. The average Bonchev–Trinajstić information content (AvgIpc) is 2.67. The second kappa shape index (κ2) is 7.95. The van der Waals surface area contributed by atoms with Gasteiger partial charge in [0.15, 0.2) is 0 Å². The van der Waals surface area contributed by atoms with E-state index in [2.05, 4.69) is 10.0 Å². The second-order valence-corrected chi connectivity index (χ2v) is 7.75. The molecule has 144 valence electrons. The Labute approximate surface area is 165 Å². The summed E-state index contributed by atoms with van der Waals surface area (Å²) in [7, 11) is -3.89. The highest BCUT2D eigenvalue weighted by molar-refractivity contribution is 7.92. The lowest BCUT2D eigenvalue weighted by atomic mass is 10.2. The lowest BCUT2D eigenvalue weighted by Gasteiger charge is -2.12. The number of nitrogens with one attached hydrogen (secondary N) is 2. The summed E-state index contributed by atoms with van der Waals surface area (Å²) in [5.74, 6) is -2.80. The van der Waals surface area contributed by atoms with E-state index in [9.17, 15) is 22.0 Å². The zero-order valence-corrected chi connectivity index (χ0v) is 15.7. The van der Waals surface area contributed by atoms with Crippen LogP contribution < -0.4 is 10.0 Å². The molecule has 9 heteroatoms. The molecule has 0 bridgehead atoms. The molecule has 28 heavy (non-hydrogen) atoms. The highest BCUT2D eigenvalue weighted by Gasteiger charge is 2.18. The predicted octanol–water partition coefficient (Wildman–Crippen LogP) is 4.67. The van der Waals surface area contributed by atoms with E-state index in [0.29, 0.717) is 0 Å². The maximum absolute atomic E-state index is 13.7. The fraction of sp³-hybridized carbons (Fsp3) is 0. The van der Waals surface area contributed by atoms with Gasteiger partial charge in [0.25, 0.3) is 15.9 Å². The van der Waals surface area contributed by atoms with E-state index in [-0.39, 0.29) is 21.2 Å². The molecule has 3 aromatic rings. The zero-order chi connectivity index (χ0) is 20.3. The fourth-order valence-electron chi connectivity index (χ4n) is 2.37. The van der Waals surface area contributed by atoms with Gasteiger partial charge >= 0.3 is 0 Å². The van der Waals surface area contributed by atoms with E-state index in [4.69, 9.17) is 11.6 Å². The van der Waals surface area contributed by atoms with Crippen LogP contribution in [-0.2, 0) is 10.0 Å². The molecule has 0 saturated heterocycles. The van der Waals surface area contributed by atoms with Crippen molar-refractivity contribution in [1.82, 2.24) is 0 Å². The largest absolute Gasteiger partial charge is 0.317 e. The van der Waals surface area contributed by atoms with Crippen molar-refractivity contribution in [2.75, 3.05) is 10.0 Å². The highest BCUT2D eigenvalue weighted by atomic mass is 35.5. The van der Waals surface area contributed by atoms with Gasteiger partial charge in [-0.25, -0.2) is 17.2 Å². The van der Waals surface area contributed by atoms with Gasteiger partial charge in [-0.15, -0.1) is 0 Å². The van der Waals surface area contributed by atoms with E-state index in [0.717, 1.165) is 18.2 Å². The van der Waals surface area contributed by atoms with Gasteiger partial charge in [0, 0.05) is 5.69 Å². The molecular formula is C19H13ClF2N2O3S. The number of para-hydroxylation sites is 1. The topological polar surface area (TPSA) is 75.3 Å². The Morgan fingerprint density at radius 1 is 0.893 bits per heavy atom. The van der Waals surface area contributed by atoms with Gasteiger partial charge in [-0.05, 0) is 42.5 Å². The number of hydrogen-bond acceptors (Lipinski definition) is 3. The molecule has 0 aliphatic carbocycles. The van der Waals surface area contributed by atoms with Crippen LogP contribution in [0.25, 0.3) is 0 Å². The summed E-state index contributed by atoms with van der Waals surface area (Å²) in [5, 5.41) is 2.09. The van der Waals surface area contributed by atoms with Crippen LogP contribution in [-0.4, -0.2) is 14.3 Å². The molecule has 0 saturated carbocycles. The van der Waals surface area contributed by atoms with Crippen molar-refractivity contribution in [1.29, 1.82) is 0 Å². The van der Waals surface area contributed by atoms with Crippen molar-refractivity contribution in [3.05, 3.63) is 89.0 Å². The maximum Gasteiger partial charge on any atom is 0.261 e. The minimum absolute atomic E-state index is 0.0168. The van der Waals surface area contributed by atoms with Crippen molar-refractivity contribution in [2.24, 2.45) is 0 Å². The number of sulfonamides is 1. The first-order valence-electron chi connectivity index (χ1n) is 7.91. The van der Waals surface area contributed by atoms with Crippen molar-refractivity contribution in [3.8, 4) is 0 Å². The fourth-order valence-corrected chi connectivity index (χ4v) is 3.65. The van der Waals surface area contributed by atoms with E-state index in [1.54, 1.807) is 18.2 Å². The number of benzene rings is 3. The number of carbonyl (C=O) groups excluding carboxylic acids is 1. The smallest absolute Gasteiger partial charge is 0.261 e. The Bertz CT molecular complexity index is 1120. The minimum Gasteiger partial charge on any atom is -0.317 e. The third kappa shape index (κ3) is 4.29. The first kappa shape index (κ1) is 19.8. The summed E-state index contributed by atoms with van der Waals surface area (Å²) in [6.07, 6.45) is 0. The Kier molecular flexibility index (Phi) is 5.62. The second-order valence-electron chi connectivity index (χ2n) is 5.66. The van der Waals surface area contributed by atoms with Crippen molar-refractivity contribution in [2.45, 2.75) is 4.90 Å². The van der Waals surface area contributed by atoms with Crippen LogP contribution in [0.5, 0.6) is 0 Å².